The van der Waals surface area contributed by atoms with Crippen molar-refractivity contribution in [1.29, 1.82) is 5.26 Å². The Morgan fingerprint density at radius 1 is 1.19 bits per heavy atom. The van der Waals surface area contributed by atoms with E-state index in [-0.39, 0.29) is 0 Å². The summed E-state index contributed by atoms with van der Waals surface area (Å²) in [5, 5.41) is 10.1. The molecule has 3 heteroatoms. The molecule has 3 aliphatic rings. The molecule has 0 saturated heterocycles. The van der Waals surface area contributed by atoms with Crippen molar-refractivity contribution in [2.24, 2.45) is 0 Å². The van der Waals surface area contributed by atoms with Crippen molar-refractivity contribution >= 4 is 34.2 Å². The summed E-state index contributed by atoms with van der Waals surface area (Å²) in [6, 6.07) is 4.29. The van der Waals surface area contributed by atoms with Crippen molar-refractivity contribution < 1.29 is 0 Å². The predicted octanol–water partition coefficient (Wildman–Crippen LogP) is 4.57. The van der Waals surface area contributed by atoms with Gasteiger partial charge in [0.25, 0.3) is 0 Å². The first-order valence-corrected chi connectivity index (χ1v) is 7.10. The highest BCUT2D eigenvalue weighted by Gasteiger charge is 2.36. The number of halogens is 2. The van der Waals surface area contributed by atoms with Gasteiger partial charge in [-0.1, -0.05) is 11.6 Å². The molecule has 1 nitrogen and oxygen atoms in total. The van der Waals surface area contributed by atoms with E-state index in [4.69, 9.17) is 11.6 Å². The van der Waals surface area contributed by atoms with Crippen molar-refractivity contribution in [3.63, 3.8) is 0 Å². The lowest BCUT2D eigenvalue weighted by molar-refractivity contribution is 0.358. The van der Waals surface area contributed by atoms with Crippen LogP contribution >= 0.6 is 34.2 Å². The van der Waals surface area contributed by atoms with Crippen LogP contribution in [0.25, 0.3) is 0 Å². The number of hydrogen-bond donors (Lipinski definition) is 0. The Hall–Kier alpha value is -0.270. The van der Waals surface area contributed by atoms with Gasteiger partial charge in [-0.25, -0.2) is 0 Å². The quantitative estimate of drug-likeness (QED) is 0.633. The first-order valence-electron chi connectivity index (χ1n) is 5.64. The van der Waals surface area contributed by atoms with Crippen LogP contribution in [0.3, 0.4) is 0 Å². The molecule has 82 valence electrons. The van der Waals surface area contributed by atoms with Gasteiger partial charge in [0.05, 0.1) is 16.7 Å². The minimum atomic E-state index is 0.587. The molecule has 1 saturated carbocycles. The van der Waals surface area contributed by atoms with Crippen LogP contribution in [0, 0.1) is 14.9 Å². The van der Waals surface area contributed by atoms with E-state index < -0.39 is 0 Å². The molecule has 0 N–H and O–H groups in total. The fourth-order valence-electron chi connectivity index (χ4n) is 3.26. The van der Waals surface area contributed by atoms with E-state index >= 15 is 0 Å². The molecule has 1 aromatic carbocycles. The maximum atomic E-state index is 9.24. The van der Waals surface area contributed by atoms with Gasteiger partial charge in [-0.05, 0) is 77.3 Å². The summed E-state index contributed by atoms with van der Waals surface area (Å²) >= 11 is 8.65. The second-order valence-corrected chi connectivity index (χ2v) is 6.25. The van der Waals surface area contributed by atoms with Gasteiger partial charge < -0.3 is 0 Å². The van der Waals surface area contributed by atoms with Crippen LogP contribution < -0.4 is 0 Å². The van der Waals surface area contributed by atoms with Crippen molar-refractivity contribution in [1.82, 2.24) is 0 Å². The van der Waals surface area contributed by atoms with E-state index in [2.05, 4.69) is 28.7 Å². The third-order valence-corrected chi connectivity index (χ3v) is 5.54. The summed E-state index contributed by atoms with van der Waals surface area (Å²) in [6.45, 7) is 0. The van der Waals surface area contributed by atoms with Crippen molar-refractivity contribution in [2.45, 2.75) is 37.5 Å². The van der Waals surface area contributed by atoms with Gasteiger partial charge in [0.1, 0.15) is 0 Å². The number of nitrogens with zero attached hydrogens (tertiary/aromatic N) is 1. The Morgan fingerprint density at radius 2 is 1.75 bits per heavy atom. The SMILES string of the molecule is N#Cc1cc(I)c(Cl)c2c1C1CCC2CC1. The molecule has 1 aromatic rings. The smallest absolute Gasteiger partial charge is 0.0995 e. The number of nitriles is 1. The first-order chi connectivity index (χ1) is 7.72. The molecule has 1 fully saturated rings. The number of fused-ring (bicyclic) bond motifs is 2. The highest BCUT2D eigenvalue weighted by Crippen LogP contribution is 2.53. The lowest BCUT2D eigenvalue weighted by Gasteiger charge is -2.39. The van der Waals surface area contributed by atoms with Crippen LogP contribution in [-0.2, 0) is 0 Å². The topological polar surface area (TPSA) is 23.8 Å². The molecule has 4 rings (SSSR count). The van der Waals surface area contributed by atoms with Gasteiger partial charge in [-0.15, -0.1) is 0 Å². The molecule has 0 aliphatic heterocycles. The molecule has 2 bridgehead atoms. The monoisotopic (exact) mass is 343 g/mol. The zero-order chi connectivity index (χ0) is 11.3. The molecule has 0 unspecified atom stereocenters. The lowest BCUT2D eigenvalue weighted by Crippen LogP contribution is -2.23. The largest absolute Gasteiger partial charge is 0.192 e. The van der Waals surface area contributed by atoms with E-state index in [0.717, 1.165) is 14.2 Å². The summed E-state index contributed by atoms with van der Waals surface area (Å²) in [4.78, 5) is 0. The summed E-state index contributed by atoms with van der Waals surface area (Å²) in [5.41, 5.74) is 3.43. The van der Waals surface area contributed by atoms with E-state index in [9.17, 15) is 5.26 Å². The molecule has 0 atom stereocenters. The second-order valence-electron chi connectivity index (χ2n) is 4.71. The lowest BCUT2D eigenvalue weighted by atomic mass is 9.66. The van der Waals surface area contributed by atoms with Crippen molar-refractivity contribution in [3.8, 4) is 6.07 Å². The van der Waals surface area contributed by atoms with Crippen molar-refractivity contribution in [2.75, 3.05) is 0 Å². The molecule has 0 heterocycles. The molecular weight excluding hydrogens is 333 g/mol. The van der Waals surface area contributed by atoms with E-state index in [1.54, 1.807) is 0 Å². The summed E-state index contributed by atoms with van der Waals surface area (Å²) in [6.07, 6.45) is 4.98. The normalized spacial score (nSPS) is 26.3. The van der Waals surface area contributed by atoms with E-state index in [1.807, 2.05) is 6.07 Å². The highest BCUT2D eigenvalue weighted by molar-refractivity contribution is 14.1. The van der Waals surface area contributed by atoms with Gasteiger partial charge in [-0.2, -0.15) is 5.26 Å². The minimum absolute atomic E-state index is 0.587. The third kappa shape index (κ3) is 1.41. The van der Waals surface area contributed by atoms with E-state index in [0.29, 0.717) is 11.8 Å². The van der Waals surface area contributed by atoms with Crippen LogP contribution in [0.2, 0.25) is 5.02 Å². The summed E-state index contributed by atoms with van der Waals surface area (Å²) in [7, 11) is 0. The zero-order valence-electron chi connectivity index (χ0n) is 8.76. The average molecular weight is 344 g/mol. The maximum absolute atomic E-state index is 9.24. The van der Waals surface area contributed by atoms with Crippen molar-refractivity contribution in [3.05, 3.63) is 31.3 Å². The molecule has 0 amide bonds. The molecule has 0 spiro atoms. The minimum Gasteiger partial charge on any atom is -0.192 e. The van der Waals surface area contributed by atoms with Crippen LogP contribution in [0.5, 0.6) is 0 Å². The molecule has 0 aromatic heterocycles. The maximum Gasteiger partial charge on any atom is 0.0995 e. The Labute approximate surface area is 114 Å². The standard InChI is InChI=1S/C13H11ClIN/c14-13-10(15)5-9(6-16)11-7-1-3-8(4-2-7)12(11)13/h5,7-8H,1-4H2. The predicted molar refractivity (Wildman–Crippen MR) is 72.8 cm³/mol. The third-order valence-electron chi connectivity index (χ3n) is 3.96. The highest BCUT2D eigenvalue weighted by atomic mass is 127. The zero-order valence-corrected chi connectivity index (χ0v) is 11.7. The van der Waals surface area contributed by atoms with Crippen LogP contribution in [-0.4, -0.2) is 0 Å². The Balaban J connectivity index is 2.33. The van der Waals surface area contributed by atoms with Crippen LogP contribution in [0.4, 0.5) is 0 Å². The molecular formula is C13H11ClIN. The van der Waals surface area contributed by atoms with Gasteiger partial charge in [0.15, 0.2) is 0 Å². The van der Waals surface area contributed by atoms with Crippen LogP contribution in [0.1, 0.15) is 54.2 Å². The Kier molecular flexibility index (Phi) is 2.64. The second kappa shape index (κ2) is 3.89. The fraction of sp³-hybridized carbons (Fsp3) is 0.462. The molecule has 16 heavy (non-hydrogen) atoms. The van der Waals surface area contributed by atoms with E-state index in [1.165, 1.54) is 36.8 Å². The fourth-order valence-corrected chi connectivity index (χ4v) is 4.17. The Morgan fingerprint density at radius 3 is 2.31 bits per heavy atom. The molecule has 3 aliphatic carbocycles. The van der Waals surface area contributed by atoms with Gasteiger partial charge in [-0.3, -0.25) is 0 Å². The van der Waals surface area contributed by atoms with Gasteiger partial charge >= 0.3 is 0 Å². The summed E-state index contributed by atoms with van der Waals surface area (Å²) in [5.74, 6) is 1.19. The first kappa shape index (κ1) is 10.9. The Bertz CT molecular complexity index is 496. The van der Waals surface area contributed by atoms with Gasteiger partial charge in [0.2, 0.25) is 0 Å². The number of benzene rings is 1. The number of rotatable bonds is 0. The average Bonchev–Trinajstić information content (AvgIpc) is 2.34. The van der Waals surface area contributed by atoms with Crippen LogP contribution in [0.15, 0.2) is 6.07 Å². The summed E-state index contributed by atoms with van der Waals surface area (Å²) < 4.78 is 1.03. The van der Waals surface area contributed by atoms with Gasteiger partial charge in [0, 0.05) is 3.57 Å². The molecule has 0 radical (unpaired) electrons. The number of hydrogen-bond acceptors (Lipinski definition) is 1.